The molecule has 0 radical (unpaired) electrons. The van der Waals surface area contributed by atoms with Crippen molar-refractivity contribution < 1.29 is 52.5 Å². The first-order valence-electron chi connectivity index (χ1n) is 26.3. The molecule has 1 aromatic rings. The number of ether oxygens (including phenoxy) is 5. The number of benzene rings is 1. The number of esters is 1. The maximum atomic E-state index is 13.3. The Morgan fingerprint density at radius 1 is 0.616 bits per heavy atom. The van der Waals surface area contributed by atoms with Crippen LogP contribution in [0.5, 0.6) is 0 Å². The van der Waals surface area contributed by atoms with Crippen LogP contribution in [0.25, 0.3) is 0 Å². The highest BCUT2D eigenvalue weighted by Crippen LogP contribution is 2.53. The average Bonchev–Trinajstić information content (AvgIpc) is 3.27. The summed E-state index contributed by atoms with van der Waals surface area (Å²) in [5.74, 6) is 0.570. The zero-order valence-corrected chi connectivity index (χ0v) is 47.0. The fourth-order valence-electron chi connectivity index (χ4n) is 12.1. The number of hydrogen-bond acceptors (Lipinski definition) is 12. The molecule has 16 heteroatoms. The van der Waals surface area contributed by atoms with Crippen LogP contribution in [0.3, 0.4) is 0 Å². The van der Waals surface area contributed by atoms with Gasteiger partial charge in [0.15, 0.2) is 5.78 Å². The van der Waals surface area contributed by atoms with Crippen molar-refractivity contribution in [2.24, 2.45) is 38.4 Å². The second-order valence-corrected chi connectivity index (χ2v) is 26.3. The van der Waals surface area contributed by atoms with Crippen molar-refractivity contribution in [2.75, 3.05) is 46.1 Å². The molecule has 410 valence electrons. The summed E-state index contributed by atoms with van der Waals surface area (Å²) in [5.41, 5.74) is 0.949. The Labute approximate surface area is 441 Å². The Morgan fingerprint density at radius 3 is 1.66 bits per heavy atom. The van der Waals surface area contributed by atoms with Crippen LogP contribution >= 0.6 is 11.8 Å². The van der Waals surface area contributed by atoms with E-state index in [2.05, 4.69) is 121 Å². The largest absolute Gasteiger partial charge is 0.459 e. The van der Waals surface area contributed by atoms with Crippen molar-refractivity contribution in [3.63, 3.8) is 0 Å². The van der Waals surface area contributed by atoms with Crippen LogP contribution in [0.15, 0.2) is 54.6 Å². The molecule has 0 heterocycles. The van der Waals surface area contributed by atoms with Gasteiger partial charge in [-0.2, -0.15) is 11.8 Å². The summed E-state index contributed by atoms with van der Waals surface area (Å²) >= 11 is 1.99. The summed E-state index contributed by atoms with van der Waals surface area (Å²) in [5, 5.41) is 12.4. The number of thioether (sulfide) groups is 1. The minimum Gasteiger partial charge on any atom is -0.459 e. The lowest BCUT2D eigenvalue weighted by molar-refractivity contribution is -0.140. The SMILES string of the molecule is C=C(C)C(=O)CCOC(=O)NC1CC(C)(C)CC(C)(CNC(=O)OCCC2(C)CC(SCc3ccccc3)CC(C(C)(C)CCOC(=O)NCC3(C)CC(NC(=O)OCCOC(=O)C(=C)C)CC(C)(C)C3)C2)C1. The third-order valence-corrected chi connectivity index (χ3v) is 16.5. The standard InChI is InChI=1S/C57H90N4O11S/c1-39(2)46(62)19-22-69-50(66)60-43-29-52(5,6)35-56(12,31-43)38-59-49(65)71-24-21-55(11)28-42(27-45(33-55)73-34-41-17-15-14-16-18-41)54(9,10)20-23-70-48(64)58-37-57(13)32-44(30-53(7,8)36-57)61-51(67)72-26-25-68-47(63)40(3)4/h14-18,42-45H,1,3,19-38H2,2,4-13H3,(H,58,64)(H,59,65)(H,60,66)(H,61,67). The maximum absolute atomic E-state index is 13.3. The molecule has 73 heavy (non-hydrogen) atoms. The first-order valence-corrected chi connectivity index (χ1v) is 27.4. The number of allylic oxidation sites excluding steroid dienone is 1. The van der Waals surface area contributed by atoms with Gasteiger partial charge in [0.05, 0.1) is 13.2 Å². The quantitative estimate of drug-likeness (QED) is 0.0331. The van der Waals surface area contributed by atoms with Crippen molar-refractivity contribution >= 4 is 47.9 Å². The number of amides is 4. The van der Waals surface area contributed by atoms with Gasteiger partial charge in [0.25, 0.3) is 0 Å². The number of Topliss-reactive ketones (excluding diaryl/α,β-unsaturated/α-hetero) is 1. The molecule has 15 nitrogen and oxygen atoms in total. The van der Waals surface area contributed by atoms with Crippen molar-refractivity contribution in [3.8, 4) is 0 Å². The smallest absolute Gasteiger partial charge is 0.407 e. The van der Waals surface area contributed by atoms with Crippen molar-refractivity contribution in [1.29, 1.82) is 0 Å². The fraction of sp³-hybridized carbons (Fsp3) is 0.719. The van der Waals surface area contributed by atoms with Crippen LogP contribution in [0, 0.1) is 38.4 Å². The first kappa shape index (κ1) is 60.8. The zero-order valence-electron chi connectivity index (χ0n) is 46.2. The Balaban J connectivity index is 1.28. The van der Waals surface area contributed by atoms with E-state index in [1.807, 2.05) is 17.8 Å². The summed E-state index contributed by atoms with van der Waals surface area (Å²) < 4.78 is 27.4. The molecule has 4 N–H and O–H groups in total. The van der Waals surface area contributed by atoms with E-state index >= 15 is 0 Å². The van der Waals surface area contributed by atoms with Crippen LogP contribution < -0.4 is 21.3 Å². The van der Waals surface area contributed by atoms with Gasteiger partial charge in [-0.05, 0) is 134 Å². The normalized spacial score (nSPS) is 26.5. The molecular weight excluding hydrogens is 949 g/mol. The van der Waals surface area contributed by atoms with E-state index in [1.165, 1.54) is 5.56 Å². The maximum Gasteiger partial charge on any atom is 0.407 e. The fourth-order valence-corrected chi connectivity index (χ4v) is 13.6. The lowest BCUT2D eigenvalue weighted by atomic mass is 9.61. The molecule has 0 aliphatic heterocycles. The molecule has 4 amide bonds. The van der Waals surface area contributed by atoms with Crippen LogP contribution in [0.4, 0.5) is 19.2 Å². The van der Waals surface area contributed by atoms with Gasteiger partial charge in [-0.1, -0.05) is 106 Å². The van der Waals surface area contributed by atoms with Crippen molar-refractivity contribution in [1.82, 2.24) is 21.3 Å². The highest BCUT2D eigenvalue weighted by Gasteiger charge is 2.45. The highest BCUT2D eigenvalue weighted by atomic mass is 32.2. The molecule has 3 fully saturated rings. The number of hydrogen-bond donors (Lipinski definition) is 4. The third-order valence-electron chi connectivity index (χ3n) is 15.1. The molecule has 0 bridgehead atoms. The van der Waals surface area contributed by atoms with Crippen LogP contribution in [-0.2, 0) is 39.0 Å². The molecule has 7 unspecified atom stereocenters. The second kappa shape index (κ2) is 26.7. The number of ketones is 1. The predicted octanol–water partition coefficient (Wildman–Crippen LogP) is 11.6. The average molecular weight is 1040 g/mol. The minimum absolute atomic E-state index is 0.00837. The minimum atomic E-state index is -0.577. The monoisotopic (exact) mass is 1040 g/mol. The summed E-state index contributed by atoms with van der Waals surface area (Å²) in [7, 11) is 0. The molecule has 3 aliphatic rings. The molecule has 1 aromatic carbocycles. The molecule has 0 saturated heterocycles. The molecular formula is C57H90N4O11S. The summed E-state index contributed by atoms with van der Waals surface area (Å²) in [4.78, 5) is 75.4. The number of nitrogens with one attached hydrogen (secondary N) is 4. The second-order valence-electron chi connectivity index (χ2n) is 25.0. The van der Waals surface area contributed by atoms with Crippen LogP contribution in [-0.4, -0.2) is 99.6 Å². The van der Waals surface area contributed by atoms with E-state index in [1.54, 1.807) is 13.8 Å². The number of alkyl carbamates (subject to hydrolysis) is 4. The lowest BCUT2D eigenvalue weighted by Gasteiger charge is -2.48. The van der Waals surface area contributed by atoms with Gasteiger partial charge < -0.3 is 45.0 Å². The topological polar surface area (TPSA) is 197 Å². The molecule has 0 spiro atoms. The lowest BCUT2D eigenvalue weighted by Crippen LogP contribution is -2.50. The van der Waals surface area contributed by atoms with E-state index in [9.17, 15) is 28.8 Å². The van der Waals surface area contributed by atoms with Gasteiger partial charge in [0.1, 0.15) is 19.8 Å². The molecule has 0 aromatic heterocycles. The molecule has 7 atom stereocenters. The van der Waals surface area contributed by atoms with Crippen LogP contribution in [0.2, 0.25) is 0 Å². The first-order chi connectivity index (χ1) is 34.0. The van der Waals surface area contributed by atoms with Crippen molar-refractivity contribution in [3.05, 3.63) is 60.2 Å². The van der Waals surface area contributed by atoms with Gasteiger partial charge in [-0.25, -0.2) is 24.0 Å². The van der Waals surface area contributed by atoms with Crippen LogP contribution in [0.1, 0.15) is 159 Å². The van der Waals surface area contributed by atoms with Gasteiger partial charge in [-0.15, -0.1) is 0 Å². The number of rotatable bonds is 24. The Bertz CT molecular complexity index is 2080. The van der Waals surface area contributed by atoms with Crippen molar-refractivity contribution in [2.45, 2.75) is 176 Å². The molecule has 4 rings (SSSR count). The van der Waals surface area contributed by atoms with E-state index < -0.39 is 30.3 Å². The number of carbonyl (C=O) groups is 6. The highest BCUT2D eigenvalue weighted by molar-refractivity contribution is 7.99. The Kier molecular flexibility index (Phi) is 22.2. The van der Waals surface area contributed by atoms with Gasteiger partial charge in [0, 0.05) is 48.2 Å². The molecule has 3 saturated carbocycles. The van der Waals surface area contributed by atoms with Gasteiger partial charge in [-0.3, -0.25) is 4.79 Å². The molecule has 3 aliphatic carbocycles. The summed E-state index contributed by atoms with van der Waals surface area (Å²) in [6.07, 6.45) is 6.94. The Morgan fingerprint density at radius 2 is 1.12 bits per heavy atom. The van der Waals surface area contributed by atoms with Gasteiger partial charge >= 0.3 is 30.3 Å². The summed E-state index contributed by atoms with van der Waals surface area (Å²) in [6, 6.07) is 10.2. The third kappa shape index (κ3) is 21.6. The number of carbonyl (C=O) groups excluding carboxylic acids is 6. The van der Waals surface area contributed by atoms with E-state index in [0.29, 0.717) is 55.5 Å². The van der Waals surface area contributed by atoms with Gasteiger partial charge in [0.2, 0.25) is 0 Å². The van der Waals surface area contributed by atoms with E-state index in [-0.39, 0.29) is 95.4 Å². The summed E-state index contributed by atoms with van der Waals surface area (Å²) in [6.45, 7) is 31.4. The van der Waals surface area contributed by atoms with E-state index in [0.717, 1.165) is 50.7 Å². The van der Waals surface area contributed by atoms with E-state index in [4.69, 9.17) is 23.7 Å². The Hall–Kier alpha value is -4.73. The zero-order chi connectivity index (χ0) is 54.3. The predicted molar refractivity (Wildman–Crippen MR) is 287 cm³/mol.